The van der Waals surface area contributed by atoms with E-state index < -0.39 is 0 Å². The molecule has 3 nitrogen and oxygen atoms in total. The van der Waals surface area contributed by atoms with Gasteiger partial charge in [-0.2, -0.15) is 0 Å². The van der Waals surface area contributed by atoms with E-state index in [1.165, 1.54) is 5.57 Å². The van der Waals surface area contributed by atoms with Crippen LogP contribution in [-0.2, 0) is 0 Å². The fourth-order valence-electron chi connectivity index (χ4n) is 0.987. The molecule has 1 heterocycles. The Bertz CT molecular complexity index is 338. The molecule has 0 unspecified atom stereocenters. The van der Waals surface area contributed by atoms with Gasteiger partial charge in [0.1, 0.15) is 5.82 Å². The maximum absolute atomic E-state index is 4.37. The molecule has 1 aromatic rings. The van der Waals surface area contributed by atoms with E-state index in [4.69, 9.17) is 0 Å². The van der Waals surface area contributed by atoms with Crippen LogP contribution in [0.3, 0.4) is 0 Å². The van der Waals surface area contributed by atoms with Gasteiger partial charge in [-0.1, -0.05) is 11.6 Å². The van der Waals surface area contributed by atoms with E-state index in [1.54, 1.807) is 6.20 Å². The molecule has 0 bridgehead atoms. The maximum atomic E-state index is 4.37. The van der Waals surface area contributed by atoms with Gasteiger partial charge in [-0.3, -0.25) is 4.98 Å². The van der Waals surface area contributed by atoms with Crippen LogP contribution < -0.4 is 5.32 Å². The standard InChI is InChI=1S/C11H17N3/c1-8(2)5-6-12-11-7-13-9(3)10(4)14-11/h5,7H,6H2,1-4H3,(H,12,14). The number of allylic oxidation sites excluding steroid dienone is 1. The van der Waals surface area contributed by atoms with Crippen LogP contribution in [0.15, 0.2) is 17.8 Å². The van der Waals surface area contributed by atoms with E-state index in [0.717, 1.165) is 23.8 Å². The number of nitrogens with one attached hydrogen (secondary N) is 1. The second kappa shape index (κ2) is 4.74. The Balaban J connectivity index is 2.60. The van der Waals surface area contributed by atoms with Gasteiger partial charge in [-0.25, -0.2) is 4.98 Å². The summed E-state index contributed by atoms with van der Waals surface area (Å²) < 4.78 is 0. The third-order valence-corrected chi connectivity index (χ3v) is 1.99. The van der Waals surface area contributed by atoms with Gasteiger partial charge in [-0.05, 0) is 27.7 Å². The van der Waals surface area contributed by atoms with Crippen LogP contribution in [0.1, 0.15) is 25.2 Å². The Hall–Kier alpha value is -1.38. The van der Waals surface area contributed by atoms with Gasteiger partial charge < -0.3 is 5.32 Å². The van der Waals surface area contributed by atoms with Crippen molar-refractivity contribution < 1.29 is 0 Å². The Morgan fingerprint density at radius 1 is 1.36 bits per heavy atom. The minimum atomic E-state index is 0.805. The quantitative estimate of drug-likeness (QED) is 0.746. The molecule has 3 heteroatoms. The number of rotatable bonds is 3. The largest absolute Gasteiger partial charge is 0.365 e. The molecule has 0 amide bonds. The monoisotopic (exact) mass is 191 g/mol. The van der Waals surface area contributed by atoms with E-state index >= 15 is 0 Å². The predicted octanol–water partition coefficient (Wildman–Crippen LogP) is 2.47. The molecule has 0 saturated carbocycles. The van der Waals surface area contributed by atoms with Crippen molar-refractivity contribution in [3.05, 3.63) is 29.2 Å². The summed E-state index contributed by atoms with van der Waals surface area (Å²) in [4.78, 5) is 8.60. The molecule has 0 aliphatic heterocycles. The van der Waals surface area contributed by atoms with Crippen LogP contribution in [-0.4, -0.2) is 16.5 Å². The Morgan fingerprint density at radius 2 is 2.07 bits per heavy atom. The highest BCUT2D eigenvalue weighted by atomic mass is 15.0. The average Bonchev–Trinajstić information content (AvgIpc) is 2.10. The first-order valence-corrected chi connectivity index (χ1v) is 4.77. The van der Waals surface area contributed by atoms with Gasteiger partial charge in [-0.15, -0.1) is 0 Å². The van der Waals surface area contributed by atoms with Crippen molar-refractivity contribution in [2.24, 2.45) is 0 Å². The molecule has 0 aromatic carbocycles. The SMILES string of the molecule is CC(C)=CCNc1cnc(C)c(C)n1. The lowest BCUT2D eigenvalue weighted by atomic mass is 10.3. The molecule has 0 radical (unpaired) electrons. The average molecular weight is 191 g/mol. The second-order valence-electron chi connectivity index (χ2n) is 3.59. The molecule has 0 fully saturated rings. The molecule has 0 saturated heterocycles. The van der Waals surface area contributed by atoms with Crippen molar-refractivity contribution in [2.45, 2.75) is 27.7 Å². The number of hydrogen-bond acceptors (Lipinski definition) is 3. The summed E-state index contributed by atoms with van der Waals surface area (Å²) in [5.41, 5.74) is 3.26. The van der Waals surface area contributed by atoms with Gasteiger partial charge >= 0.3 is 0 Å². The third kappa shape index (κ3) is 3.17. The second-order valence-corrected chi connectivity index (χ2v) is 3.59. The zero-order valence-corrected chi connectivity index (χ0v) is 9.26. The summed E-state index contributed by atoms with van der Waals surface area (Å²) in [6, 6.07) is 0. The first-order valence-electron chi connectivity index (χ1n) is 4.77. The Kier molecular flexibility index (Phi) is 3.63. The Labute approximate surface area is 85.3 Å². The van der Waals surface area contributed by atoms with E-state index in [9.17, 15) is 0 Å². The smallest absolute Gasteiger partial charge is 0.145 e. The van der Waals surface area contributed by atoms with Crippen LogP contribution in [0.25, 0.3) is 0 Å². The van der Waals surface area contributed by atoms with Crippen LogP contribution in [0.2, 0.25) is 0 Å². The van der Waals surface area contributed by atoms with E-state index in [2.05, 4.69) is 35.2 Å². The topological polar surface area (TPSA) is 37.8 Å². The van der Waals surface area contributed by atoms with Crippen molar-refractivity contribution in [2.75, 3.05) is 11.9 Å². The summed E-state index contributed by atoms with van der Waals surface area (Å²) in [5.74, 6) is 0.839. The first-order chi connectivity index (χ1) is 6.59. The summed E-state index contributed by atoms with van der Waals surface area (Å²) in [6.07, 6.45) is 3.89. The van der Waals surface area contributed by atoms with Crippen molar-refractivity contribution in [1.29, 1.82) is 0 Å². The number of aromatic nitrogens is 2. The minimum absolute atomic E-state index is 0.805. The fourth-order valence-corrected chi connectivity index (χ4v) is 0.987. The van der Waals surface area contributed by atoms with Gasteiger partial charge in [0.25, 0.3) is 0 Å². The molecule has 1 aromatic heterocycles. The van der Waals surface area contributed by atoms with Gasteiger partial charge in [0, 0.05) is 6.54 Å². The molecule has 0 spiro atoms. The van der Waals surface area contributed by atoms with Crippen LogP contribution >= 0.6 is 0 Å². The number of nitrogens with zero attached hydrogens (tertiary/aromatic N) is 2. The van der Waals surface area contributed by atoms with Crippen LogP contribution in [0.5, 0.6) is 0 Å². The normalized spacial score (nSPS) is 9.71. The first kappa shape index (κ1) is 10.7. The predicted molar refractivity (Wildman–Crippen MR) is 59.4 cm³/mol. The molecular weight excluding hydrogens is 174 g/mol. The lowest BCUT2D eigenvalue weighted by molar-refractivity contribution is 1.04. The van der Waals surface area contributed by atoms with Crippen molar-refractivity contribution in [3.8, 4) is 0 Å². The van der Waals surface area contributed by atoms with Gasteiger partial charge in [0.05, 0.1) is 17.6 Å². The molecule has 0 aliphatic carbocycles. The van der Waals surface area contributed by atoms with Crippen molar-refractivity contribution in [1.82, 2.24) is 9.97 Å². The molecule has 1 rings (SSSR count). The number of anilines is 1. The van der Waals surface area contributed by atoms with Gasteiger partial charge in [0.15, 0.2) is 0 Å². The maximum Gasteiger partial charge on any atom is 0.145 e. The van der Waals surface area contributed by atoms with Crippen molar-refractivity contribution in [3.63, 3.8) is 0 Å². The van der Waals surface area contributed by atoms with Gasteiger partial charge in [0.2, 0.25) is 0 Å². The molecule has 14 heavy (non-hydrogen) atoms. The highest BCUT2D eigenvalue weighted by molar-refractivity contribution is 5.34. The fraction of sp³-hybridized carbons (Fsp3) is 0.455. The highest BCUT2D eigenvalue weighted by Gasteiger charge is 1.96. The third-order valence-electron chi connectivity index (χ3n) is 1.99. The zero-order chi connectivity index (χ0) is 10.6. The number of hydrogen-bond donors (Lipinski definition) is 1. The van der Waals surface area contributed by atoms with E-state index in [0.29, 0.717) is 0 Å². The molecule has 76 valence electrons. The minimum Gasteiger partial charge on any atom is -0.365 e. The van der Waals surface area contributed by atoms with E-state index in [1.807, 2.05) is 13.8 Å². The summed E-state index contributed by atoms with van der Waals surface area (Å²) >= 11 is 0. The molecular formula is C11H17N3. The summed E-state index contributed by atoms with van der Waals surface area (Å²) in [5, 5.41) is 3.19. The molecule has 0 atom stereocenters. The summed E-state index contributed by atoms with van der Waals surface area (Å²) in [7, 11) is 0. The summed E-state index contributed by atoms with van der Waals surface area (Å²) in [6.45, 7) is 8.89. The lowest BCUT2D eigenvalue weighted by Gasteiger charge is -2.04. The molecule has 1 N–H and O–H groups in total. The van der Waals surface area contributed by atoms with Crippen LogP contribution in [0.4, 0.5) is 5.82 Å². The molecule has 0 aliphatic rings. The Morgan fingerprint density at radius 3 is 2.64 bits per heavy atom. The number of aryl methyl sites for hydroxylation is 2. The highest BCUT2D eigenvalue weighted by Crippen LogP contribution is 2.05. The lowest BCUT2D eigenvalue weighted by Crippen LogP contribution is -2.03. The van der Waals surface area contributed by atoms with Crippen LogP contribution in [0, 0.1) is 13.8 Å². The van der Waals surface area contributed by atoms with E-state index in [-0.39, 0.29) is 0 Å². The van der Waals surface area contributed by atoms with Crippen molar-refractivity contribution >= 4 is 5.82 Å². The zero-order valence-electron chi connectivity index (χ0n) is 9.26.